The van der Waals surface area contributed by atoms with E-state index in [1.165, 1.54) is 0 Å². The molecule has 0 aliphatic carbocycles. The van der Waals surface area contributed by atoms with Crippen molar-refractivity contribution >= 4 is 11.7 Å². The summed E-state index contributed by atoms with van der Waals surface area (Å²) in [4.78, 5) is 17.5. The summed E-state index contributed by atoms with van der Waals surface area (Å²) in [6, 6.07) is 3.84. The van der Waals surface area contributed by atoms with Crippen molar-refractivity contribution in [2.75, 3.05) is 18.0 Å². The predicted molar refractivity (Wildman–Crippen MR) is 54.5 cm³/mol. The van der Waals surface area contributed by atoms with Gasteiger partial charge in [-0.3, -0.25) is 9.88 Å². The molecular weight excluding hydrogens is 178 g/mol. The Morgan fingerprint density at radius 3 is 2.79 bits per heavy atom. The summed E-state index contributed by atoms with van der Waals surface area (Å²) < 4.78 is 0. The van der Waals surface area contributed by atoms with Crippen molar-refractivity contribution in [2.45, 2.75) is 13.8 Å². The van der Waals surface area contributed by atoms with E-state index in [2.05, 4.69) is 10.3 Å². The van der Waals surface area contributed by atoms with Gasteiger partial charge in [-0.15, -0.1) is 0 Å². The van der Waals surface area contributed by atoms with Crippen LogP contribution in [0.3, 0.4) is 0 Å². The van der Waals surface area contributed by atoms with Gasteiger partial charge in [0.2, 0.25) is 0 Å². The highest BCUT2D eigenvalue weighted by Crippen LogP contribution is 2.19. The Hall–Kier alpha value is -1.58. The molecule has 0 atom stereocenters. The molecular formula is C10H13N3O. The average molecular weight is 191 g/mol. The molecule has 0 bridgehead atoms. The fourth-order valence-electron chi connectivity index (χ4n) is 1.67. The maximum Gasteiger partial charge on any atom is 0.322 e. The van der Waals surface area contributed by atoms with E-state index in [1.807, 2.05) is 26.0 Å². The summed E-state index contributed by atoms with van der Waals surface area (Å²) in [7, 11) is 0. The Bertz CT molecular complexity index is 376. The van der Waals surface area contributed by atoms with Crippen LogP contribution >= 0.6 is 0 Å². The number of aromatic nitrogens is 1. The summed E-state index contributed by atoms with van der Waals surface area (Å²) >= 11 is 0. The van der Waals surface area contributed by atoms with Gasteiger partial charge in [-0.05, 0) is 26.0 Å². The Labute approximate surface area is 82.9 Å². The minimum absolute atomic E-state index is 0.0289. The second kappa shape index (κ2) is 3.29. The molecule has 1 aliphatic rings. The number of carbonyl (C=O) groups excluding carboxylic acids is 1. The molecule has 0 spiro atoms. The topological polar surface area (TPSA) is 45.2 Å². The van der Waals surface area contributed by atoms with Crippen LogP contribution in [0.1, 0.15) is 11.4 Å². The third-order valence-corrected chi connectivity index (χ3v) is 2.34. The number of aryl methyl sites for hydroxylation is 2. The first-order valence-corrected chi connectivity index (χ1v) is 4.68. The quantitative estimate of drug-likeness (QED) is 0.725. The first-order chi connectivity index (χ1) is 6.68. The van der Waals surface area contributed by atoms with Crippen molar-refractivity contribution in [3.63, 3.8) is 0 Å². The minimum atomic E-state index is -0.0289. The number of anilines is 1. The van der Waals surface area contributed by atoms with Crippen LogP contribution < -0.4 is 10.2 Å². The first-order valence-electron chi connectivity index (χ1n) is 4.68. The number of hydrogen-bond donors (Lipinski definition) is 1. The van der Waals surface area contributed by atoms with Crippen LogP contribution in [0, 0.1) is 13.8 Å². The summed E-state index contributed by atoms with van der Waals surface area (Å²) in [5, 5.41) is 2.77. The lowest BCUT2D eigenvalue weighted by Gasteiger charge is -2.16. The fraction of sp³-hybridized carbons (Fsp3) is 0.400. The van der Waals surface area contributed by atoms with E-state index in [-0.39, 0.29) is 6.03 Å². The van der Waals surface area contributed by atoms with E-state index >= 15 is 0 Å². The van der Waals surface area contributed by atoms with Gasteiger partial charge in [-0.1, -0.05) is 0 Å². The number of amides is 2. The fourth-order valence-corrected chi connectivity index (χ4v) is 1.67. The first kappa shape index (κ1) is 8.99. The third kappa shape index (κ3) is 1.43. The summed E-state index contributed by atoms with van der Waals surface area (Å²) in [5.74, 6) is 0. The zero-order valence-electron chi connectivity index (χ0n) is 8.37. The lowest BCUT2D eigenvalue weighted by Crippen LogP contribution is -2.28. The van der Waals surface area contributed by atoms with Crippen molar-refractivity contribution in [1.82, 2.24) is 10.3 Å². The molecule has 1 aromatic heterocycles. The normalized spacial score (nSPS) is 15.9. The van der Waals surface area contributed by atoms with Crippen LogP contribution in [0.5, 0.6) is 0 Å². The summed E-state index contributed by atoms with van der Waals surface area (Å²) in [6.45, 7) is 5.31. The number of hydrogen-bond acceptors (Lipinski definition) is 2. The van der Waals surface area contributed by atoms with Gasteiger partial charge in [-0.25, -0.2) is 4.79 Å². The summed E-state index contributed by atoms with van der Waals surface area (Å²) in [5.41, 5.74) is 2.79. The second-order valence-electron chi connectivity index (χ2n) is 3.44. The van der Waals surface area contributed by atoms with Gasteiger partial charge in [0, 0.05) is 18.8 Å². The Morgan fingerprint density at radius 1 is 1.43 bits per heavy atom. The lowest BCUT2D eigenvalue weighted by atomic mass is 10.2. The molecule has 0 radical (unpaired) electrons. The lowest BCUT2D eigenvalue weighted by molar-refractivity contribution is 0.252. The summed E-state index contributed by atoms with van der Waals surface area (Å²) in [6.07, 6.45) is 0. The average Bonchev–Trinajstić information content (AvgIpc) is 2.52. The Balaban J connectivity index is 2.36. The molecule has 0 aromatic carbocycles. The van der Waals surface area contributed by atoms with Gasteiger partial charge < -0.3 is 5.32 Å². The smallest absolute Gasteiger partial charge is 0.322 e. The SMILES string of the molecule is Cc1ccc(N2CCNC2=O)c(C)n1. The number of urea groups is 1. The van der Waals surface area contributed by atoms with Crippen LogP contribution in [-0.4, -0.2) is 24.1 Å². The zero-order chi connectivity index (χ0) is 10.1. The van der Waals surface area contributed by atoms with Crippen LogP contribution in [0.15, 0.2) is 12.1 Å². The van der Waals surface area contributed by atoms with Crippen LogP contribution in [0.2, 0.25) is 0 Å². The molecule has 14 heavy (non-hydrogen) atoms. The number of rotatable bonds is 1. The predicted octanol–water partition coefficient (Wildman–Crippen LogP) is 1.23. The largest absolute Gasteiger partial charge is 0.336 e. The van der Waals surface area contributed by atoms with Gasteiger partial charge in [0.25, 0.3) is 0 Å². The zero-order valence-corrected chi connectivity index (χ0v) is 8.37. The van der Waals surface area contributed by atoms with E-state index in [0.717, 1.165) is 23.6 Å². The van der Waals surface area contributed by atoms with Gasteiger partial charge in [0.1, 0.15) is 0 Å². The highest BCUT2D eigenvalue weighted by atomic mass is 16.2. The van der Waals surface area contributed by atoms with E-state index in [9.17, 15) is 4.79 Å². The highest BCUT2D eigenvalue weighted by Gasteiger charge is 2.22. The van der Waals surface area contributed by atoms with E-state index in [0.29, 0.717) is 6.54 Å². The van der Waals surface area contributed by atoms with E-state index in [1.54, 1.807) is 4.90 Å². The van der Waals surface area contributed by atoms with Gasteiger partial charge >= 0.3 is 6.03 Å². The molecule has 4 heteroatoms. The van der Waals surface area contributed by atoms with Crippen molar-refractivity contribution in [2.24, 2.45) is 0 Å². The second-order valence-corrected chi connectivity index (χ2v) is 3.44. The van der Waals surface area contributed by atoms with Crippen molar-refractivity contribution < 1.29 is 4.79 Å². The third-order valence-electron chi connectivity index (χ3n) is 2.34. The molecule has 2 amide bonds. The molecule has 2 rings (SSSR count). The van der Waals surface area contributed by atoms with E-state index < -0.39 is 0 Å². The maximum absolute atomic E-state index is 11.4. The van der Waals surface area contributed by atoms with Crippen LogP contribution in [0.25, 0.3) is 0 Å². The minimum Gasteiger partial charge on any atom is -0.336 e. The molecule has 1 aliphatic heterocycles. The Morgan fingerprint density at radius 2 is 2.21 bits per heavy atom. The molecule has 74 valence electrons. The molecule has 4 nitrogen and oxygen atoms in total. The molecule has 0 saturated carbocycles. The van der Waals surface area contributed by atoms with Gasteiger partial charge in [0.05, 0.1) is 11.4 Å². The van der Waals surface area contributed by atoms with E-state index in [4.69, 9.17) is 0 Å². The van der Waals surface area contributed by atoms with Gasteiger partial charge in [-0.2, -0.15) is 0 Å². The maximum atomic E-state index is 11.4. The molecule has 2 heterocycles. The van der Waals surface area contributed by atoms with Crippen molar-refractivity contribution in [3.05, 3.63) is 23.5 Å². The molecule has 1 N–H and O–H groups in total. The molecule has 1 fully saturated rings. The molecule has 0 unspecified atom stereocenters. The Kier molecular flexibility index (Phi) is 2.11. The number of carbonyl (C=O) groups is 1. The number of nitrogens with one attached hydrogen (secondary N) is 1. The van der Waals surface area contributed by atoms with Crippen molar-refractivity contribution in [3.8, 4) is 0 Å². The highest BCUT2D eigenvalue weighted by molar-refractivity contribution is 5.94. The molecule has 1 saturated heterocycles. The monoisotopic (exact) mass is 191 g/mol. The van der Waals surface area contributed by atoms with Crippen molar-refractivity contribution in [1.29, 1.82) is 0 Å². The van der Waals surface area contributed by atoms with Crippen LogP contribution in [-0.2, 0) is 0 Å². The van der Waals surface area contributed by atoms with Crippen LogP contribution in [0.4, 0.5) is 10.5 Å². The van der Waals surface area contributed by atoms with Gasteiger partial charge in [0.15, 0.2) is 0 Å². The number of pyridine rings is 1. The standard InChI is InChI=1S/C10H13N3O/c1-7-3-4-9(8(2)12-7)13-6-5-11-10(13)14/h3-4H,5-6H2,1-2H3,(H,11,14). The number of nitrogens with zero attached hydrogens (tertiary/aromatic N) is 2. The molecule has 1 aromatic rings.